The third kappa shape index (κ3) is 3.35. The summed E-state index contributed by atoms with van der Waals surface area (Å²) in [6, 6.07) is 13.7. The minimum Gasteiger partial charge on any atom is -0.493 e. The molecule has 0 saturated carbocycles. The molecule has 1 N–H and O–H groups in total. The fourth-order valence-electron chi connectivity index (χ4n) is 4.97. The van der Waals surface area contributed by atoms with Gasteiger partial charge >= 0.3 is 0 Å². The summed E-state index contributed by atoms with van der Waals surface area (Å²) in [5.74, 6) is 3.05. The van der Waals surface area contributed by atoms with Gasteiger partial charge in [-0.15, -0.1) is 0 Å². The van der Waals surface area contributed by atoms with Crippen LogP contribution in [0.5, 0.6) is 23.0 Å². The summed E-state index contributed by atoms with van der Waals surface area (Å²) in [6.45, 7) is 2.07. The van der Waals surface area contributed by atoms with Crippen molar-refractivity contribution in [1.82, 2.24) is 19.7 Å². The second kappa shape index (κ2) is 8.60. The first-order valence-electron chi connectivity index (χ1n) is 11.5. The first-order valence-corrected chi connectivity index (χ1v) is 11.5. The van der Waals surface area contributed by atoms with Crippen LogP contribution in [0.25, 0.3) is 5.70 Å². The maximum atomic E-state index is 6.73. The molecule has 182 valence electrons. The van der Waals surface area contributed by atoms with Crippen LogP contribution in [-0.2, 0) is 0 Å². The molecule has 4 aromatic rings. The highest BCUT2D eigenvalue weighted by atomic mass is 16.5. The van der Waals surface area contributed by atoms with Gasteiger partial charge < -0.3 is 24.3 Å². The Labute approximate surface area is 208 Å². The Kier molecular flexibility index (Phi) is 5.25. The van der Waals surface area contributed by atoms with E-state index >= 15 is 0 Å². The van der Waals surface area contributed by atoms with E-state index in [1.165, 1.54) is 0 Å². The molecule has 2 aromatic heterocycles. The van der Waals surface area contributed by atoms with Gasteiger partial charge in [0.05, 0.1) is 27.0 Å². The average Bonchev–Trinajstić information content (AvgIpc) is 3.39. The molecule has 2 atom stereocenters. The molecular weight excluding hydrogens is 458 g/mol. The number of aryl methyl sites for hydroxylation is 1. The van der Waals surface area contributed by atoms with Crippen molar-refractivity contribution in [2.45, 2.75) is 19.1 Å². The first-order chi connectivity index (χ1) is 17.6. The van der Waals surface area contributed by atoms with E-state index in [9.17, 15) is 0 Å². The predicted octanol–water partition coefficient (Wildman–Crippen LogP) is 4.57. The van der Waals surface area contributed by atoms with E-state index in [2.05, 4.69) is 33.4 Å². The van der Waals surface area contributed by atoms with Crippen LogP contribution in [0.2, 0.25) is 0 Å². The van der Waals surface area contributed by atoms with Crippen LogP contribution < -0.4 is 24.3 Å². The van der Waals surface area contributed by atoms with Gasteiger partial charge in [0.25, 0.3) is 0 Å². The topological polar surface area (TPSA) is 92.6 Å². The van der Waals surface area contributed by atoms with Crippen molar-refractivity contribution in [2.75, 3.05) is 26.6 Å². The van der Waals surface area contributed by atoms with Gasteiger partial charge in [-0.2, -0.15) is 10.1 Å². The maximum absolute atomic E-state index is 6.73. The monoisotopic (exact) mass is 483 g/mol. The van der Waals surface area contributed by atoms with E-state index in [4.69, 9.17) is 18.9 Å². The minimum atomic E-state index is -0.487. The Balaban J connectivity index is 1.63. The summed E-state index contributed by atoms with van der Waals surface area (Å²) in [7, 11) is 4.80. The van der Waals surface area contributed by atoms with Crippen molar-refractivity contribution in [1.29, 1.82) is 0 Å². The van der Waals surface area contributed by atoms with Crippen LogP contribution >= 0.6 is 0 Å². The summed E-state index contributed by atoms with van der Waals surface area (Å²) in [5.41, 5.74) is 5.83. The molecule has 0 fully saturated rings. The molecule has 0 amide bonds. The Morgan fingerprint density at radius 1 is 0.972 bits per heavy atom. The molecule has 2 aromatic carbocycles. The van der Waals surface area contributed by atoms with Crippen molar-refractivity contribution < 1.29 is 18.9 Å². The smallest absolute Gasteiger partial charge is 0.226 e. The lowest BCUT2D eigenvalue weighted by Crippen LogP contribution is -2.32. The second-order valence-electron chi connectivity index (χ2n) is 8.63. The fourth-order valence-corrected chi connectivity index (χ4v) is 4.97. The van der Waals surface area contributed by atoms with E-state index < -0.39 is 6.10 Å². The number of anilines is 1. The SMILES string of the molecule is COc1cc([C@H]2Oc3ccc(C)cc3C3=C2[C@@H](c2cccnc2)n2ncnc2N3)cc(OC)c1OC. The molecule has 0 radical (unpaired) electrons. The largest absolute Gasteiger partial charge is 0.493 e. The number of ether oxygens (including phenoxy) is 4. The molecular formula is C27H25N5O4. The highest BCUT2D eigenvalue weighted by molar-refractivity contribution is 5.85. The molecule has 36 heavy (non-hydrogen) atoms. The predicted molar refractivity (Wildman–Crippen MR) is 134 cm³/mol. The second-order valence-corrected chi connectivity index (χ2v) is 8.63. The van der Waals surface area contributed by atoms with Crippen LogP contribution in [0.4, 0.5) is 5.95 Å². The van der Waals surface area contributed by atoms with E-state index in [0.29, 0.717) is 23.2 Å². The molecule has 0 saturated heterocycles. The average molecular weight is 484 g/mol. The number of hydrogen-bond donors (Lipinski definition) is 1. The molecule has 0 unspecified atom stereocenters. The molecule has 0 aliphatic carbocycles. The molecule has 9 heteroatoms. The van der Waals surface area contributed by atoms with Crippen LogP contribution in [0.1, 0.15) is 34.4 Å². The van der Waals surface area contributed by atoms with Gasteiger partial charge in [0.2, 0.25) is 11.7 Å². The fraction of sp³-hybridized carbons (Fsp3) is 0.222. The number of methoxy groups -OCH3 is 3. The first kappa shape index (κ1) is 22.0. The van der Waals surface area contributed by atoms with Crippen molar-refractivity contribution in [3.8, 4) is 23.0 Å². The Hall–Kier alpha value is -4.53. The third-order valence-electron chi connectivity index (χ3n) is 6.56. The Morgan fingerprint density at radius 3 is 2.47 bits per heavy atom. The molecule has 6 rings (SSSR count). The minimum absolute atomic E-state index is 0.301. The number of fused-ring (bicyclic) bond motifs is 3. The number of aromatic nitrogens is 4. The number of rotatable bonds is 5. The molecule has 9 nitrogen and oxygen atoms in total. The van der Waals surface area contributed by atoms with Crippen molar-refractivity contribution in [2.24, 2.45) is 0 Å². The quantitative estimate of drug-likeness (QED) is 0.441. The molecule has 0 spiro atoms. The van der Waals surface area contributed by atoms with Gasteiger partial charge in [0.15, 0.2) is 11.5 Å². The zero-order valence-electron chi connectivity index (χ0n) is 20.4. The van der Waals surface area contributed by atoms with E-state index in [1.54, 1.807) is 33.9 Å². The van der Waals surface area contributed by atoms with Crippen LogP contribution in [0, 0.1) is 6.92 Å². The van der Waals surface area contributed by atoms with Gasteiger partial charge in [-0.05, 0) is 42.8 Å². The number of pyridine rings is 1. The number of nitrogens with one attached hydrogen (secondary N) is 1. The van der Waals surface area contributed by atoms with Gasteiger partial charge in [-0.25, -0.2) is 4.68 Å². The van der Waals surface area contributed by atoms with Crippen LogP contribution in [0.15, 0.2) is 66.8 Å². The lowest BCUT2D eigenvalue weighted by atomic mass is 9.84. The van der Waals surface area contributed by atoms with E-state index in [1.807, 2.05) is 47.3 Å². The standard InChI is InChI=1S/C27H25N5O4/c1-15-7-8-19-18(10-15)23-22(24(16-6-5-9-28-13-16)32-27(31-23)29-14-30-32)25(36-19)17-11-20(33-2)26(35-4)21(12-17)34-3/h5-14,24-25H,1-4H3,(H,29,30,31)/t24-,25-/m1/s1. The summed E-state index contributed by atoms with van der Waals surface area (Å²) in [4.78, 5) is 8.87. The van der Waals surface area contributed by atoms with Crippen molar-refractivity contribution in [3.05, 3.63) is 89.0 Å². The van der Waals surface area contributed by atoms with Gasteiger partial charge in [0.1, 0.15) is 24.2 Å². The number of nitrogens with zero attached hydrogens (tertiary/aromatic N) is 4. The van der Waals surface area contributed by atoms with Crippen molar-refractivity contribution >= 4 is 11.6 Å². The van der Waals surface area contributed by atoms with Gasteiger partial charge in [-0.3, -0.25) is 4.98 Å². The van der Waals surface area contributed by atoms with Gasteiger partial charge in [-0.1, -0.05) is 17.7 Å². The zero-order valence-corrected chi connectivity index (χ0v) is 20.4. The third-order valence-corrected chi connectivity index (χ3v) is 6.56. The van der Waals surface area contributed by atoms with Crippen LogP contribution in [0.3, 0.4) is 0 Å². The lowest BCUT2D eigenvalue weighted by molar-refractivity contribution is 0.221. The molecule has 4 heterocycles. The number of benzene rings is 2. The maximum Gasteiger partial charge on any atom is 0.226 e. The van der Waals surface area contributed by atoms with E-state index in [-0.39, 0.29) is 6.04 Å². The summed E-state index contributed by atoms with van der Waals surface area (Å²) in [6.07, 6.45) is 4.68. The summed E-state index contributed by atoms with van der Waals surface area (Å²) < 4.78 is 25.5. The zero-order chi connectivity index (χ0) is 24.8. The highest BCUT2D eigenvalue weighted by Gasteiger charge is 2.41. The lowest BCUT2D eigenvalue weighted by Gasteiger charge is -2.39. The Morgan fingerprint density at radius 2 is 1.78 bits per heavy atom. The van der Waals surface area contributed by atoms with E-state index in [0.717, 1.165) is 39.3 Å². The van der Waals surface area contributed by atoms with Crippen LogP contribution in [-0.4, -0.2) is 41.1 Å². The Bertz CT molecular complexity index is 1460. The molecule has 2 aliphatic heterocycles. The molecule has 2 aliphatic rings. The van der Waals surface area contributed by atoms with Gasteiger partial charge in [0, 0.05) is 29.1 Å². The summed E-state index contributed by atoms with van der Waals surface area (Å²) >= 11 is 0. The summed E-state index contributed by atoms with van der Waals surface area (Å²) in [5, 5.41) is 8.08. The normalized spacial score (nSPS) is 17.8. The van der Waals surface area contributed by atoms with Crippen molar-refractivity contribution in [3.63, 3.8) is 0 Å². The highest BCUT2D eigenvalue weighted by Crippen LogP contribution is 2.52. The molecule has 0 bridgehead atoms. The number of hydrogen-bond acceptors (Lipinski definition) is 8.